The number of carbonyl (C=O) groups excluding carboxylic acids is 1. The molecule has 12 heavy (non-hydrogen) atoms. The molecule has 0 aromatic heterocycles. The molecule has 1 heterocycles. The number of hydrogen-bond donors (Lipinski definition) is 1. The minimum atomic E-state index is -4.42. The molecule has 0 aromatic rings. The van der Waals surface area contributed by atoms with Crippen molar-refractivity contribution in [2.24, 2.45) is 0 Å². The van der Waals surface area contributed by atoms with Crippen molar-refractivity contribution in [3.8, 4) is 0 Å². The van der Waals surface area contributed by atoms with Crippen molar-refractivity contribution in [2.45, 2.75) is 19.0 Å². The van der Waals surface area contributed by atoms with Gasteiger partial charge in [-0.25, -0.2) is 0 Å². The summed E-state index contributed by atoms with van der Waals surface area (Å²) in [6, 6.07) is 0. The highest BCUT2D eigenvalue weighted by atomic mass is 19.4. The lowest BCUT2D eigenvalue weighted by Crippen LogP contribution is -2.08. The smallest absolute Gasteiger partial charge is 0.393 e. The quantitative estimate of drug-likeness (QED) is 0.627. The van der Waals surface area contributed by atoms with Gasteiger partial charge in [0.15, 0.2) is 0 Å². The molecule has 0 bridgehead atoms. The van der Waals surface area contributed by atoms with Gasteiger partial charge >= 0.3 is 12.1 Å². The Bertz CT molecular complexity index is 241. The topological polar surface area (TPSA) is 46.5 Å². The Labute approximate surface area is 65.4 Å². The Morgan fingerprint density at radius 3 is 2.42 bits per heavy atom. The molecule has 0 aliphatic carbocycles. The first kappa shape index (κ1) is 8.89. The molecule has 0 saturated heterocycles. The monoisotopic (exact) mass is 182 g/mol. The van der Waals surface area contributed by atoms with E-state index in [-0.39, 0.29) is 0 Å². The van der Waals surface area contributed by atoms with Crippen molar-refractivity contribution in [1.82, 2.24) is 0 Å². The summed E-state index contributed by atoms with van der Waals surface area (Å²) in [5.41, 5.74) is -0.410. The Balaban J connectivity index is 2.65. The van der Waals surface area contributed by atoms with Crippen LogP contribution in [0, 0.1) is 0 Å². The van der Waals surface area contributed by atoms with E-state index in [1.165, 1.54) is 0 Å². The van der Waals surface area contributed by atoms with Crippen molar-refractivity contribution < 1.29 is 27.8 Å². The summed E-state index contributed by atoms with van der Waals surface area (Å²) in [6.45, 7) is 0. The Hall–Kier alpha value is -1.20. The van der Waals surface area contributed by atoms with E-state index in [9.17, 15) is 18.0 Å². The van der Waals surface area contributed by atoms with Crippen LogP contribution >= 0.6 is 0 Å². The molecule has 0 unspecified atom stereocenters. The van der Waals surface area contributed by atoms with Crippen LogP contribution in [-0.4, -0.2) is 17.3 Å². The number of esters is 1. The average molecular weight is 182 g/mol. The molecule has 1 aliphatic heterocycles. The first-order chi connectivity index (χ1) is 5.38. The van der Waals surface area contributed by atoms with Gasteiger partial charge in [0, 0.05) is 5.57 Å². The maximum absolute atomic E-state index is 11.7. The van der Waals surface area contributed by atoms with Gasteiger partial charge in [0.2, 0.25) is 0 Å². The van der Waals surface area contributed by atoms with E-state index in [4.69, 9.17) is 5.11 Å². The van der Waals surface area contributed by atoms with E-state index in [0.29, 0.717) is 0 Å². The lowest BCUT2D eigenvalue weighted by Gasteiger charge is -2.04. The van der Waals surface area contributed by atoms with Gasteiger partial charge < -0.3 is 9.84 Å². The standard InChI is InChI=1S/C6H5F3O3/c7-6(8,9)2-3-1-4(10)12-5(3)11/h11H,1-2H2. The van der Waals surface area contributed by atoms with Crippen molar-refractivity contribution >= 4 is 5.97 Å². The third kappa shape index (κ3) is 2.14. The summed E-state index contributed by atoms with van der Waals surface area (Å²) < 4.78 is 39.1. The van der Waals surface area contributed by atoms with E-state index < -0.39 is 36.5 Å². The summed E-state index contributed by atoms with van der Waals surface area (Å²) in [7, 11) is 0. The highest BCUT2D eigenvalue weighted by Crippen LogP contribution is 2.30. The minimum Gasteiger partial charge on any atom is -0.481 e. The van der Waals surface area contributed by atoms with Crippen LogP contribution in [0.25, 0.3) is 0 Å². The fourth-order valence-corrected chi connectivity index (χ4v) is 0.846. The van der Waals surface area contributed by atoms with Gasteiger partial charge in [-0.15, -0.1) is 0 Å². The second kappa shape index (κ2) is 2.69. The molecule has 1 N–H and O–H groups in total. The predicted molar refractivity (Wildman–Crippen MR) is 31.0 cm³/mol. The van der Waals surface area contributed by atoms with Crippen LogP contribution < -0.4 is 0 Å². The molecule has 0 aromatic carbocycles. The summed E-state index contributed by atoms with van der Waals surface area (Å²) in [5.74, 6) is -1.76. The van der Waals surface area contributed by atoms with E-state index in [0.717, 1.165) is 0 Å². The maximum atomic E-state index is 11.7. The molecule has 3 nitrogen and oxygen atoms in total. The van der Waals surface area contributed by atoms with Crippen LogP contribution in [0.3, 0.4) is 0 Å². The molecule has 0 radical (unpaired) electrons. The maximum Gasteiger partial charge on any atom is 0.393 e. The van der Waals surface area contributed by atoms with E-state index >= 15 is 0 Å². The average Bonchev–Trinajstić information content (AvgIpc) is 2.06. The number of aliphatic hydroxyl groups excluding tert-OH is 1. The molecule has 6 heteroatoms. The fraction of sp³-hybridized carbons (Fsp3) is 0.500. The number of aliphatic hydroxyl groups is 1. The van der Waals surface area contributed by atoms with Crippen molar-refractivity contribution in [1.29, 1.82) is 0 Å². The Kier molecular flexibility index (Phi) is 1.99. The van der Waals surface area contributed by atoms with E-state index in [1.54, 1.807) is 0 Å². The molecule has 0 spiro atoms. The summed E-state index contributed by atoms with van der Waals surface area (Å²) in [6.07, 6.45) is -6.20. The molecule has 1 rings (SSSR count). The zero-order valence-corrected chi connectivity index (χ0v) is 5.81. The van der Waals surface area contributed by atoms with Crippen LogP contribution in [0.15, 0.2) is 11.5 Å². The van der Waals surface area contributed by atoms with Gasteiger partial charge in [-0.2, -0.15) is 13.2 Å². The molecule has 0 amide bonds. The normalized spacial score (nSPS) is 18.4. The zero-order chi connectivity index (χ0) is 9.35. The van der Waals surface area contributed by atoms with Gasteiger partial charge in [0.25, 0.3) is 5.95 Å². The number of rotatable bonds is 1. The SMILES string of the molecule is O=C1CC(CC(F)(F)F)=C(O)O1. The fourth-order valence-electron chi connectivity index (χ4n) is 0.846. The van der Waals surface area contributed by atoms with Crippen molar-refractivity contribution in [3.05, 3.63) is 11.5 Å². The van der Waals surface area contributed by atoms with Gasteiger partial charge in [-0.1, -0.05) is 0 Å². The van der Waals surface area contributed by atoms with Crippen LogP contribution in [0.5, 0.6) is 0 Å². The molecule has 68 valence electrons. The number of carbonyl (C=O) groups is 1. The minimum absolute atomic E-state index is 0.410. The summed E-state index contributed by atoms with van der Waals surface area (Å²) >= 11 is 0. The number of ether oxygens (including phenoxy) is 1. The number of hydrogen-bond acceptors (Lipinski definition) is 3. The van der Waals surface area contributed by atoms with Crippen LogP contribution in [0.2, 0.25) is 0 Å². The number of alkyl halides is 3. The van der Waals surface area contributed by atoms with Gasteiger partial charge in [-0.05, 0) is 0 Å². The zero-order valence-electron chi connectivity index (χ0n) is 5.81. The second-order valence-electron chi connectivity index (χ2n) is 2.35. The third-order valence-electron chi connectivity index (χ3n) is 1.28. The van der Waals surface area contributed by atoms with Gasteiger partial charge in [-0.3, -0.25) is 4.79 Å². The predicted octanol–water partition coefficient (Wildman–Crippen LogP) is 1.66. The molecule has 0 atom stereocenters. The van der Waals surface area contributed by atoms with Crippen LogP contribution in [0.1, 0.15) is 12.8 Å². The first-order valence-electron chi connectivity index (χ1n) is 3.07. The van der Waals surface area contributed by atoms with E-state index in [1.807, 2.05) is 0 Å². The molecular formula is C6H5F3O3. The Morgan fingerprint density at radius 1 is 1.50 bits per heavy atom. The van der Waals surface area contributed by atoms with Crippen LogP contribution in [-0.2, 0) is 9.53 Å². The lowest BCUT2D eigenvalue weighted by molar-refractivity contribution is -0.139. The molecular weight excluding hydrogens is 177 g/mol. The highest BCUT2D eigenvalue weighted by Gasteiger charge is 2.35. The van der Waals surface area contributed by atoms with Crippen LogP contribution in [0.4, 0.5) is 13.2 Å². The number of halogens is 3. The molecule has 1 aliphatic rings. The number of cyclic esters (lactones) is 1. The lowest BCUT2D eigenvalue weighted by atomic mass is 10.1. The summed E-state index contributed by atoms with van der Waals surface area (Å²) in [4.78, 5) is 10.4. The van der Waals surface area contributed by atoms with Gasteiger partial charge in [0.1, 0.15) is 0 Å². The van der Waals surface area contributed by atoms with E-state index in [2.05, 4.69) is 4.74 Å². The van der Waals surface area contributed by atoms with Gasteiger partial charge in [0.05, 0.1) is 12.8 Å². The van der Waals surface area contributed by atoms with Crippen molar-refractivity contribution in [2.75, 3.05) is 0 Å². The largest absolute Gasteiger partial charge is 0.481 e. The van der Waals surface area contributed by atoms with Crippen molar-refractivity contribution in [3.63, 3.8) is 0 Å². The third-order valence-corrected chi connectivity index (χ3v) is 1.28. The first-order valence-corrected chi connectivity index (χ1v) is 3.07. The molecule has 0 fully saturated rings. The molecule has 0 saturated carbocycles. The summed E-state index contributed by atoms with van der Waals surface area (Å²) in [5, 5.41) is 8.66. The second-order valence-corrected chi connectivity index (χ2v) is 2.35. The Morgan fingerprint density at radius 2 is 2.08 bits per heavy atom. The highest BCUT2D eigenvalue weighted by molar-refractivity contribution is 5.76.